The van der Waals surface area contributed by atoms with E-state index in [0.29, 0.717) is 23.3 Å². The number of amides is 1. The van der Waals surface area contributed by atoms with Gasteiger partial charge in [-0.05, 0) is 48.1 Å². The van der Waals surface area contributed by atoms with Crippen LogP contribution in [0.1, 0.15) is 23.7 Å². The van der Waals surface area contributed by atoms with Crippen LogP contribution < -0.4 is 15.4 Å². The Kier molecular flexibility index (Phi) is 3.58. The van der Waals surface area contributed by atoms with Gasteiger partial charge in [0.15, 0.2) is 10.7 Å². The highest BCUT2D eigenvalue weighted by molar-refractivity contribution is 9.10. The number of carbonyl (C=O) groups excluding carboxylic acids is 1. The van der Waals surface area contributed by atoms with Crippen molar-refractivity contribution in [3.8, 4) is 5.75 Å². The molecule has 24 heavy (non-hydrogen) atoms. The van der Waals surface area contributed by atoms with Crippen LogP contribution in [-0.4, -0.2) is 11.0 Å². The van der Waals surface area contributed by atoms with Crippen molar-refractivity contribution in [2.45, 2.75) is 18.1 Å². The summed E-state index contributed by atoms with van der Waals surface area (Å²) in [7, 11) is 0. The van der Waals surface area contributed by atoms with Gasteiger partial charge in [-0.1, -0.05) is 28.1 Å². The van der Waals surface area contributed by atoms with Gasteiger partial charge in [-0.3, -0.25) is 4.79 Å². The highest BCUT2D eigenvalue weighted by atomic mass is 79.9. The molecular weight excluding hydrogens is 395 g/mol. The summed E-state index contributed by atoms with van der Waals surface area (Å²) in [5, 5.41) is 6.03. The maximum atomic E-state index is 13.6. The van der Waals surface area contributed by atoms with Crippen molar-refractivity contribution in [2.24, 2.45) is 0 Å². The second kappa shape index (κ2) is 5.53. The second-order valence-electron chi connectivity index (χ2n) is 5.82. The fourth-order valence-electron chi connectivity index (χ4n) is 3.24. The van der Waals surface area contributed by atoms with Crippen LogP contribution in [0.5, 0.6) is 5.75 Å². The Balaban J connectivity index is 1.86. The summed E-state index contributed by atoms with van der Waals surface area (Å²) in [5.41, 5.74) is 0.364. The summed E-state index contributed by atoms with van der Waals surface area (Å²) in [6.07, 6.45) is -0.153. The molecule has 122 valence electrons. The van der Waals surface area contributed by atoms with Gasteiger partial charge >= 0.3 is 0 Å². The SMILES string of the molecule is O=C1NC(=S)NC12CC(c1cccc(F)c1)Oc1ccc(Br)cc12. The van der Waals surface area contributed by atoms with E-state index >= 15 is 0 Å². The van der Waals surface area contributed by atoms with E-state index in [1.54, 1.807) is 18.2 Å². The summed E-state index contributed by atoms with van der Waals surface area (Å²) in [4.78, 5) is 12.7. The maximum Gasteiger partial charge on any atom is 0.256 e. The van der Waals surface area contributed by atoms with E-state index in [2.05, 4.69) is 26.6 Å². The van der Waals surface area contributed by atoms with E-state index < -0.39 is 11.6 Å². The van der Waals surface area contributed by atoms with Crippen molar-refractivity contribution in [3.63, 3.8) is 0 Å². The first-order valence-electron chi connectivity index (χ1n) is 7.34. The molecule has 0 aromatic heterocycles. The van der Waals surface area contributed by atoms with Gasteiger partial charge in [-0.15, -0.1) is 0 Å². The average molecular weight is 407 g/mol. The molecule has 4 nitrogen and oxygen atoms in total. The van der Waals surface area contributed by atoms with Gasteiger partial charge in [-0.2, -0.15) is 0 Å². The topological polar surface area (TPSA) is 50.4 Å². The number of hydrogen-bond acceptors (Lipinski definition) is 3. The standard InChI is InChI=1S/C17H12BrFN2O2S/c18-10-4-5-13-12(7-10)17(15(22)20-16(24)21-17)8-14(23-13)9-2-1-3-11(19)6-9/h1-7,14H,8H2,(H2,20,21,22,24). The van der Waals surface area contributed by atoms with Crippen molar-refractivity contribution >= 4 is 39.2 Å². The lowest BCUT2D eigenvalue weighted by molar-refractivity contribution is -0.126. The fraction of sp³-hybridized carbons (Fsp3) is 0.176. The number of rotatable bonds is 1. The zero-order valence-electron chi connectivity index (χ0n) is 12.3. The molecule has 2 aliphatic heterocycles. The lowest BCUT2D eigenvalue weighted by Crippen LogP contribution is -2.48. The number of halogens is 2. The molecule has 4 rings (SSSR count). The van der Waals surface area contributed by atoms with Gasteiger partial charge < -0.3 is 15.4 Å². The molecule has 1 saturated heterocycles. The minimum atomic E-state index is -1.02. The third-order valence-electron chi connectivity index (χ3n) is 4.32. The monoisotopic (exact) mass is 406 g/mol. The summed E-state index contributed by atoms with van der Waals surface area (Å²) in [5.74, 6) is 0.00807. The molecule has 2 N–H and O–H groups in total. The lowest BCUT2D eigenvalue weighted by atomic mass is 9.80. The smallest absolute Gasteiger partial charge is 0.256 e. The van der Waals surface area contributed by atoms with Crippen molar-refractivity contribution in [1.82, 2.24) is 10.6 Å². The Morgan fingerprint density at radius 2 is 2.12 bits per heavy atom. The Bertz CT molecular complexity index is 875. The predicted octanol–water partition coefficient (Wildman–Crippen LogP) is 3.31. The van der Waals surface area contributed by atoms with Crippen LogP contribution in [0.2, 0.25) is 0 Å². The third-order valence-corrected chi connectivity index (χ3v) is 5.02. The van der Waals surface area contributed by atoms with Gasteiger partial charge in [0, 0.05) is 16.5 Å². The minimum Gasteiger partial charge on any atom is -0.485 e. The molecule has 1 amide bonds. The quantitative estimate of drug-likeness (QED) is 0.713. The number of ether oxygens (including phenoxy) is 1. The molecule has 0 radical (unpaired) electrons. The summed E-state index contributed by atoms with van der Waals surface area (Å²) >= 11 is 8.56. The van der Waals surface area contributed by atoms with E-state index in [1.807, 2.05) is 12.1 Å². The molecule has 2 aromatic carbocycles. The van der Waals surface area contributed by atoms with Crippen molar-refractivity contribution < 1.29 is 13.9 Å². The highest BCUT2D eigenvalue weighted by Crippen LogP contribution is 2.46. The number of thiocarbonyl (C=S) groups is 1. The Labute approximate surface area is 151 Å². The van der Waals surface area contributed by atoms with Crippen LogP contribution in [0.15, 0.2) is 46.9 Å². The second-order valence-corrected chi connectivity index (χ2v) is 7.14. The van der Waals surface area contributed by atoms with Crippen LogP contribution in [0.3, 0.4) is 0 Å². The number of fused-ring (bicyclic) bond motifs is 2. The van der Waals surface area contributed by atoms with Crippen LogP contribution in [0, 0.1) is 5.82 Å². The van der Waals surface area contributed by atoms with Crippen LogP contribution >= 0.6 is 28.1 Å². The van der Waals surface area contributed by atoms with Gasteiger partial charge in [0.25, 0.3) is 5.91 Å². The number of nitrogens with one attached hydrogen (secondary N) is 2. The third kappa shape index (κ3) is 2.39. The van der Waals surface area contributed by atoms with Crippen LogP contribution in [0.4, 0.5) is 4.39 Å². The molecule has 2 aliphatic rings. The molecular formula is C17H12BrFN2O2S. The first kappa shape index (κ1) is 15.5. The summed E-state index contributed by atoms with van der Waals surface area (Å²) in [6.45, 7) is 0. The Morgan fingerprint density at radius 3 is 2.83 bits per heavy atom. The molecule has 7 heteroatoms. The van der Waals surface area contributed by atoms with Crippen LogP contribution in [0.25, 0.3) is 0 Å². The molecule has 0 bridgehead atoms. The summed E-state index contributed by atoms with van der Waals surface area (Å²) < 4.78 is 20.5. The van der Waals surface area contributed by atoms with Gasteiger partial charge in [0.05, 0.1) is 0 Å². The summed E-state index contributed by atoms with van der Waals surface area (Å²) in [6, 6.07) is 11.7. The molecule has 2 aromatic rings. The maximum absolute atomic E-state index is 13.6. The molecule has 1 fully saturated rings. The molecule has 0 saturated carbocycles. The Morgan fingerprint density at radius 1 is 1.29 bits per heavy atom. The van der Waals surface area contributed by atoms with E-state index in [9.17, 15) is 9.18 Å². The highest BCUT2D eigenvalue weighted by Gasteiger charge is 2.52. The van der Waals surface area contributed by atoms with E-state index in [4.69, 9.17) is 17.0 Å². The fourth-order valence-corrected chi connectivity index (χ4v) is 3.87. The minimum absolute atomic E-state index is 0.225. The van der Waals surface area contributed by atoms with Gasteiger partial charge in [0.2, 0.25) is 0 Å². The van der Waals surface area contributed by atoms with Crippen molar-refractivity contribution in [1.29, 1.82) is 0 Å². The Hall–Kier alpha value is -1.99. The molecule has 2 atom stereocenters. The van der Waals surface area contributed by atoms with Crippen molar-refractivity contribution in [2.75, 3.05) is 0 Å². The lowest BCUT2D eigenvalue weighted by Gasteiger charge is -2.38. The van der Waals surface area contributed by atoms with Crippen molar-refractivity contribution in [3.05, 3.63) is 63.9 Å². The normalized spacial score (nSPS) is 25.0. The van der Waals surface area contributed by atoms with Crippen LogP contribution in [-0.2, 0) is 10.3 Å². The number of hydrogen-bond donors (Lipinski definition) is 2. The molecule has 1 spiro atoms. The average Bonchev–Trinajstić information content (AvgIpc) is 2.82. The van der Waals surface area contributed by atoms with E-state index in [0.717, 1.165) is 4.47 Å². The first-order chi connectivity index (χ1) is 11.5. The molecule has 2 heterocycles. The first-order valence-corrected chi connectivity index (χ1v) is 8.54. The zero-order chi connectivity index (χ0) is 16.9. The number of benzene rings is 2. The van der Waals surface area contributed by atoms with Gasteiger partial charge in [-0.25, -0.2) is 4.39 Å². The predicted molar refractivity (Wildman–Crippen MR) is 94.1 cm³/mol. The molecule has 2 unspecified atom stereocenters. The van der Waals surface area contributed by atoms with E-state index in [-0.39, 0.29) is 16.8 Å². The number of carbonyl (C=O) groups is 1. The molecule has 0 aliphatic carbocycles. The van der Waals surface area contributed by atoms with Gasteiger partial charge in [0.1, 0.15) is 17.7 Å². The zero-order valence-corrected chi connectivity index (χ0v) is 14.7. The van der Waals surface area contributed by atoms with E-state index in [1.165, 1.54) is 12.1 Å². The largest absolute Gasteiger partial charge is 0.485 e.